The van der Waals surface area contributed by atoms with Crippen molar-refractivity contribution in [1.82, 2.24) is 5.32 Å². The summed E-state index contributed by atoms with van der Waals surface area (Å²) in [5.74, 6) is 0.167. The zero-order chi connectivity index (χ0) is 6.28. The summed E-state index contributed by atoms with van der Waals surface area (Å²) in [6.07, 6.45) is 0. The van der Waals surface area contributed by atoms with Gasteiger partial charge in [0.05, 0.1) is 0 Å². The smallest absolute Gasteiger partial charge is 0.126 e. The molecular weight excluding hydrogens is 90.1 g/mol. The Hall–Kier alpha value is -0.370. The molecule has 7 heavy (non-hydrogen) atoms. The van der Waals surface area contributed by atoms with Gasteiger partial charge in [-0.1, -0.05) is 0 Å². The van der Waals surface area contributed by atoms with Crippen molar-refractivity contribution in [2.45, 2.75) is 13.8 Å². The van der Waals surface area contributed by atoms with Crippen LogP contribution in [0.5, 0.6) is 0 Å². The van der Waals surface area contributed by atoms with E-state index in [2.05, 4.69) is 5.32 Å². The van der Waals surface area contributed by atoms with Crippen LogP contribution < -0.4 is 5.32 Å². The molecule has 0 aromatic rings. The third-order valence-electron chi connectivity index (χ3n) is 0. The molecule has 0 saturated heterocycles. The third-order valence-corrected chi connectivity index (χ3v) is 0. The predicted molar refractivity (Wildman–Crippen MR) is 31.3 cm³/mol. The highest BCUT2D eigenvalue weighted by atomic mass is 16.1. The first-order valence-electron chi connectivity index (χ1n) is 2.20. The maximum atomic E-state index is 9.44. The van der Waals surface area contributed by atoms with Crippen molar-refractivity contribution >= 4 is 5.78 Å². The highest BCUT2D eigenvalue weighted by Gasteiger charge is 1.62. The van der Waals surface area contributed by atoms with Gasteiger partial charge in [-0.15, -0.1) is 0 Å². The van der Waals surface area contributed by atoms with Gasteiger partial charge in [0.25, 0.3) is 0 Å². The second kappa shape index (κ2) is 9.16. The standard InChI is InChI=1S/C3H6O.C2H7N/c1-3(2)4;1-3-2/h1-2H3;3H,1-2H3. The Morgan fingerprint density at radius 2 is 1.29 bits per heavy atom. The molecule has 0 aliphatic heterocycles. The van der Waals surface area contributed by atoms with Crippen molar-refractivity contribution in [2.24, 2.45) is 0 Å². The molecule has 0 fully saturated rings. The average molecular weight is 103 g/mol. The average Bonchev–Trinajstić information content (AvgIpc) is 1.33. The summed E-state index contributed by atoms with van der Waals surface area (Å²) < 4.78 is 0. The molecule has 0 spiro atoms. The van der Waals surface area contributed by atoms with E-state index in [-0.39, 0.29) is 5.78 Å². The lowest BCUT2D eigenvalue weighted by Gasteiger charge is -1.59. The first-order valence-corrected chi connectivity index (χ1v) is 2.20. The van der Waals surface area contributed by atoms with Crippen LogP contribution in [-0.4, -0.2) is 19.9 Å². The summed E-state index contributed by atoms with van der Waals surface area (Å²) in [6.45, 7) is 3.06. The molecule has 44 valence electrons. The zero-order valence-electron chi connectivity index (χ0n) is 5.41. The Morgan fingerprint density at radius 1 is 1.29 bits per heavy atom. The van der Waals surface area contributed by atoms with Crippen LogP contribution in [0.4, 0.5) is 0 Å². The molecule has 0 atom stereocenters. The van der Waals surface area contributed by atoms with Crippen molar-refractivity contribution in [2.75, 3.05) is 14.1 Å². The Balaban J connectivity index is 0. The zero-order valence-corrected chi connectivity index (χ0v) is 5.41. The lowest BCUT2D eigenvalue weighted by atomic mass is 10.6. The van der Waals surface area contributed by atoms with Crippen molar-refractivity contribution in [3.05, 3.63) is 0 Å². The number of rotatable bonds is 0. The van der Waals surface area contributed by atoms with Gasteiger partial charge >= 0.3 is 0 Å². The van der Waals surface area contributed by atoms with E-state index < -0.39 is 0 Å². The minimum atomic E-state index is 0.167. The van der Waals surface area contributed by atoms with E-state index in [9.17, 15) is 4.79 Å². The molecular formula is C5H13NO. The molecule has 0 radical (unpaired) electrons. The molecule has 0 aliphatic carbocycles. The first-order chi connectivity index (χ1) is 3.15. The van der Waals surface area contributed by atoms with Gasteiger partial charge in [-0.3, -0.25) is 0 Å². The minimum absolute atomic E-state index is 0.167. The second-order valence-electron chi connectivity index (χ2n) is 1.41. The maximum absolute atomic E-state index is 9.44. The van der Waals surface area contributed by atoms with E-state index in [1.165, 1.54) is 13.8 Å². The molecule has 2 heteroatoms. The van der Waals surface area contributed by atoms with Gasteiger partial charge in [-0.2, -0.15) is 0 Å². The number of hydrogen-bond donors (Lipinski definition) is 1. The summed E-state index contributed by atoms with van der Waals surface area (Å²) in [5, 5.41) is 2.75. The normalized spacial score (nSPS) is 6.29. The molecule has 0 unspecified atom stereocenters. The fourth-order valence-electron chi connectivity index (χ4n) is 0. The van der Waals surface area contributed by atoms with Crippen LogP contribution in [-0.2, 0) is 4.79 Å². The summed E-state index contributed by atoms with van der Waals surface area (Å²) in [5.41, 5.74) is 0. The predicted octanol–water partition coefficient (Wildman–Crippen LogP) is 0.431. The van der Waals surface area contributed by atoms with E-state index in [1.807, 2.05) is 14.1 Å². The quantitative estimate of drug-likeness (QED) is 0.481. The number of carbonyl (C=O) groups excluding carboxylic acids is 1. The van der Waals surface area contributed by atoms with Crippen LogP contribution in [0, 0.1) is 0 Å². The lowest BCUT2D eigenvalue weighted by molar-refractivity contribution is -0.114. The van der Waals surface area contributed by atoms with Crippen molar-refractivity contribution < 1.29 is 4.79 Å². The van der Waals surface area contributed by atoms with Crippen LogP contribution in [0.25, 0.3) is 0 Å². The highest BCUT2D eigenvalue weighted by molar-refractivity contribution is 5.72. The number of hydrogen-bond acceptors (Lipinski definition) is 2. The molecule has 0 saturated carbocycles. The topological polar surface area (TPSA) is 29.1 Å². The third kappa shape index (κ3) is 542. The van der Waals surface area contributed by atoms with Gasteiger partial charge in [0.2, 0.25) is 0 Å². The number of carbonyl (C=O) groups is 1. The largest absolute Gasteiger partial charge is 0.323 e. The first kappa shape index (κ1) is 9.80. The van der Waals surface area contributed by atoms with Crippen molar-refractivity contribution in [3.63, 3.8) is 0 Å². The van der Waals surface area contributed by atoms with Crippen molar-refractivity contribution in [3.8, 4) is 0 Å². The van der Waals surface area contributed by atoms with Crippen LogP contribution in [0.1, 0.15) is 13.8 Å². The molecule has 1 N–H and O–H groups in total. The van der Waals surface area contributed by atoms with Gasteiger partial charge in [0.15, 0.2) is 0 Å². The highest BCUT2D eigenvalue weighted by Crippen LogP contribution is 1.50. The molecule has 2 nitrogen and oxygen atoms in total. The van der Waals surface area contributed by atoms with Crippen LogP contribution in [0.3, 0.4) is 0 Å². The monoisotopic (exact) mass is 103 g/mol. The fraction of sp³-hybridized carbons (Fsp3) is 0.800. The Morgan fingerprint density at radius 3 is 1.29 bits per heavy atom. The summed E-state index contributed by atoms with van der Waals surface area (Å²) in [6, 6.07) is 0. The molecule has 0 bridgehead atoms. The molecule has 0 aromatic heterocycles. The molecule has 0 amide bonds. The van der Waals surface area contributed by atoms with Gasteiger partial charge in [-0.05, 0) is 27.9 Å². The molecule has 0 aliphatic rings. The van der Waals surface area contributed by atoms with Gasteiger partial charge < -0.3 is 10.1 Å². The number of Topliss-reactive ketones (excluding diaryl/α,β-unsaturated/α-hetero) is 1. The molecule has 0 rings (SSSR count). The summed E-state index contributed by atoms with van der Waals surface area (Å²) in [4.78, 5) is 9.44. The van der Waals surface area contributed by atoms with E-state index in [1.54, 1.807) is 0 Å². The Kier molecular flexibility index (Phi) is 12.8. The van der Waals surface area contributed by atoms with Crippen LogP contribution >= 0.6 is 0 Å². The summed E-state index contributed by atoms with van der Waals surface area (Å²) >= 11 is 0. The van der Waals surface area contributed by atoms with Crippen LogP contribution in [0.2, 0.25) is 0 Å². The summed E-state index contributed by atoms with van der Waals surface area (Å²) in [7, 11) is 3.75. The Labute approximate surface area is 44.9 Å². The SMILES string of the molecule is CC(C)=O.CNC. The van der Waals surface area contributed by atoms with E-state index in [0.29, 0.717) is 0 Å². The Bertz CT molecular complexity index is 39.3. The van der Waals surface area contributed by atoms with Crippen LogP contribution in [0.15, 0.2) is 0 Å². The fourth-order valence-corrected chi connectivity index (χ4v) is 0. The molecule has 0 aromatic carbocycles. The van der Waals surface area contributed by atoms with E-state index in [4.69, 9.17) is 0 Å². The van der Waals surface area contributed by atoms with Crippen molar-refractivity contribution in [1.29, 1.82) is 0 Å². The van der Waals surface area contributed by atoms with Gasteiger partial charge in [-0.25, -0.2) is 0 Å². The van der Waals surface area contributed by atoms with Gasteiger partial charge in [0, 0.05) is 0 Å². The molecule has 0 heterocycles. The lowest BCUT2D eigenvalue weighted by Crippen LogP contribution is -1.89. The van der Waals surface area contributed by atoms with E-state index in [0.717, 1.165) is 0 Å². The maximum Gasteiger partial charge on any atom is 0.126 e. The second-order valence-corrected chi connectivity index (χ2v) is 1.41. The minimum Gasteiger partial charge on any atom is -0.323 e. The van der Waals surface area contributed by atoms with Gasteiger partial charge in [0.1, 0.15) is 5.78 Å². The van der Waals surface area contributed by atoms with E-state index >= 15 is 0 Å². The number of ketones is 1. The number of nitrogens with one attached hydrogen (secondary N) is 1.